The van der Waals surface area contributed by atoms with E-state index in [0.29, 0.717) is 169 Å². The first-order valence-electron chi connectivity index (χ1n) is 48.6. The summed E-state index contributed by atoms with van der Waals surface area (Å²) in [6.07, 6.45) is 6.73. The second-order valence-electron chi connectivity index (χ2n) is 39.9. The predicted molar refractivity (Wildman–Crippen MR) is 532 cm³/mol. The number of nitrogens with zero attached hydrogens (tertiary/aromatic N) is 3. The number of rotatable bonds is 53. The van der Waals surface area contributed by atoms with Gasteiger partial charge in [-0.2, -0.15) is 0 Å². The van der Waals surface area contributed by atoms with Crippen LogP contribution in [-0.4, -0.2) is 252 Å². The lowest BCUT2D eigenvalue weighted by atomic mass is 9.87. The second-order valence-corrected chi connectivity index (χ2v) is 42.7. The van der Waals surface area contributed by atoms with Gasteiger partial charge in [0.15, 0.2) is 41.0 Å². The van der Waals surface area contributed by atoms with Gasteiger partial charge in [0.05, 0.1) is 95.8 Å². The summed E-state index contributed by atoms with van der Waals surface area (Å²) in [6.45, 7) is 27.6. The van der Waals surface area contributed by atoms with Gasteiger partial charge >= 0.3 is 11.9 Å². The van der Waals surface area contributed by atoms with Crippen molar-refractivity contribution in [1.82, 2.24) is 21.3 Å². The minimum atomic E-state index is -3.92. The number of aldehydes is 1. The molecule has 4 aliphatic rings. The van der Waals surface area contributed by atoms with E-state index in [1.165, 1.54) is 27.2 Å². The highest BCUT2D eigenvalue weighted by Crippen LogP contribution is 2.34. The van der Waals surface area contributed by atoms with Gasteiger partial charge in [-0.15, -0.1) is 0 Å². The Hall–Kier alpha value is -11.1. The third kappa shape index (κ3) is 43.2. The fourth-order valence-corrected chi connectivity index (χ4v) is 17.6. The number of oxime groups is 1. The number of esters is 2. The van der Waals surface area contributed by atoms with Crippen LogP contribution in [0.3, 0.4) is 0 Å². The fraction of sp³-hybridized carbons (Fsp3) is 0.533. The van der Waals surface area contributed by atoms with Gasteiger partial charge in [0, 0.05) is 92.4 Å². The molecule has 6 aromatic carbocycles. The number of morpholine rings is 2. The van der Waals surface area contributed by atoms with E-state index in [1.807, 2.05) is 189 Å². The average Bonchev–Trinajstić information content (AvgIpc) is 1.63. The van der Waals surface area contributed by atoms with Gasteiger partial charge < -0.3 is 72.6 Å². The highest BCUT2D eigenvalue weighted by Gasteiger charge is 2.52. The van der Waals surface area contributed by atoms with E-state index in [1.54, 1.807) is 38.1 Å². The zero-order chi connectivity index (χ0) is 105. The first-order chi connectivity index (χ1) is 66.9. The van der Waals surface area contributed by atoms with Crippen molar-refractivity contribution in [2.24, 2.45) is 52.5 Å². The third-order valence-electron chi connectivity index (χ3n) is 24.9. The van der Waals surface area contributed by atoms with E-state index in [0.717, 1.165) is 33.4 Å². The number of ether oxygens (including phenoxy) is 6. The number of ketones is 6. The van der Waals surface area contributed by atoms with E-state index in [2.05, 4.69) is 26.4 Å². The van der Waals surface area contributed by atoms with Crippen molar-refractivity contribution < 1.29 is 130 Å². The zero-order valence-electron chi connectivity index (χ0n) is 84.7. The Kier molecular flexibility index (Phi) is 47.1. The number of quaternary nitrogens is 2. The molecule has 4 heterocycles. The minimum absolute atomic E-state index is 0.0101. The second kappa shape index (κ2) is 56.8. The maximum Gasteiger partial charge on any atom is 0.308 e. The molecular formula is C107H145N7O26S2. The molecule has 776 valence electrons. The highest BCUT2D eigenvalue weighted by molar-refractivity contribution is 7.85. The molecule has 0 spiro atoms. The summed E-state index contributed by atoms with van der Waals surface area (Å²) in [7, 11) is -6.41. The third-order valence-corrected chi connectivity index (χ3v) is 24.9. The summed E-state index contributed by atoms with van der Waals surface area (Å²) < 4.78 is 88.2. The molecule has 10 atom stereocenters. The molecule has 4 saturated heterocycles. The number of hydrogen-bond acceptors (Lipinski definition) is 27. The van der Waals surface area contributed by atoms with Crippen LogP contribution in [-0.2, 0) is 140 Å². The Morgan fingerprint density at radius 3 is 1.03 bits per heavy atom. The number of aryl methyl sites for hydroxylation is 2. The van der Waals surface area contributed by atoms with Crippen molar-refractivity contribution in [2.45, 2.75) is 221 Å². The standard InChI is InChI=1S/C53H70N4O10.C52H67N3O10.2CH4O3S/c1-36(2)26-46(48(60)31-43(28-40-16-12-9-13-17-40)52(63)56-47(27-37(3)4)50(61)53(6)35-66-53)55-51(62)42(20-18-39-14-10-8-11-15-39)30-45(59)34-57(22-24-65-25-23-57)33-41-19-21-49(67-38(5)58)44(29-41)32-54-64-7;1-35(2)25-45(47(59)30-42(27-39-15-11-8-12-16-39)51(62)54-46(26-36(3)4)49(60)52(6)34-64-52)53-50(61)41(19-17-38-13-9-7-10-14-38)29-44(58)32-55(21-23-63-24-22-55)31-40-18-20-48(65-37(5)57)43(28-40)33-56;2*1-5(2,3)4/h8-17,19,21,29,32,36-37,42-43,46-47H,18,20,22-28,30-31,33-35H2,1-7H3,(H-,55,56,62,63);7-16,18,20,28,33,35-36,41-42,45-46H,17,19,21-27,29-32,34H2,1-6H3,(H-,53,54,61,62);2*1H3,(H,2,3,4)/b54-32+;;;/t42-,43-,46+,47+,53-;41-,42-,45+,46+,52-;;/m11../s1. The number of epoxide rings is 2. The van der Waals surface area contributed by atoms with Gasteiger partial charge in [-0.05, 0) is 160 Å². The molecular weight excluding hydrogens is 1860 g/mol. The molecule has 10 rings (SSSR count). The summed E-state index contributed by atoms with van der Waals surface area (Å²) in [5.41, 5.74) is 4.35. The Labute approximate surface area is 836 Å². The lowest BCUT2D eigenvalue weighted by Crippen LogP contribution is -2.57. The van der Waals surface area contributed by atoms with Crippen LogP contribution in [0.4, 0.5) is 0 Å². The molecule has 33 nitrogen and oxygen atoms in total. The van der Waals surface area contributed by atoms with Gasteiger partial charge in [-0.25, -0.2) is 16.8 Å². The molecule has 4 fully saturated rings. The van der Waals surface area contributed by atoms with Crippen molar-refractivity contribution in [2.75, 3.05) is 98.5 Å². The molecule has 0 radical (unpaired) electrons. The number of carbonyl (C=O) groups excluding carboxylic acids is 13. The van der Waals surface area contributed by atoms with Crippen molar-refractivity contribution in [3.05, 3.63) is 202 Å². The molecule has 0 aromatic heterocycles. The van der Waals surface area contributed by atoms with Gasteiger partial charge in [-0.1, -0.05) is 182 Å². The summed E-state index contributed by atoms with van der Waals surface area (Å²) in [6, 6.07) is 45.5. The van der Waals surface area contributed by atoms with Crippen molar-refractivity contribution in [3.63, 3.8) is 0 Å². The van der Waals surface area contributed by atoms with E-state index < -0.39 is 109 Å². The molecule has 4 N–H and O–H groups in total. The van der Waals surface area contributed by atoms with Gasteiger partial charge in [-0.3, -0.25) is 62.3 Å². The van der Waals surface area contributed by atoms with E-state index in [9.17, 15) is 62.3 Å². The van der Waals surface area contributed by atoms with E-state index in [-0.39, 0.29) is 127 Å². The maximum absolute atomic E-state index is 14.6. The Morgan fingerprint density at radius 1 is 0.430 bits per heavy atom. The van der Waals surface area contributed by atoms with Gasteiger partial charge in [0.25, 0.3) is 0 Å². The molecule has 4 aliphatic heterocycles. The number of carbonyl (C=O) groups is 13. The number of hydrogen-bond donors (Lipinski definition) is 4. The van der Waals surface area contributed by atoms with Gasteiger partial charge in [0.1, 0.15) is 82.2 Å². The molecule has 142 heavy (non-hydrogen) atoms. The molecule has 0 saturated carbocycles. The minimum Gasteiger partial charge on any atom is -0.748 e. The van der Waals surface area contributed by atoms with Crippen LogP contribution in [0.2, 0.25) is 0 Å². The first-order valence-corrected chi connectivity index (χ1v) is 52.2. The Balaban J connectivity index is 0.000000352. The van der Waals surface area contributed by atoms with Crippen LogP contribution in [0.5, 0.6) is 11.5 Å². The van der Waals surface area contributed by atoms with Crippen LogP contribution >= 0.6 is 0 Å². The van der Waals surface area contributed by atoms with Crippen LogP contribution in [0.25, 0.3) is 0 Å². The maximum atomic E-state index is 14.6. The van der Waals surface area contributed by atoms with Crippen LogP contribution in [0.15, 0.2) is 163 Å². The van der Waals surface area contributed by atoms with Crippen LogP contribution < -0.4 is 30.7 Å². The monoisotopic (exact) mass is 2010 g/mol. The smallest absolute Gasteiger partial charge is 0.308 e. The molecule has 4 amide bonds. The van der Waals surface area contributed by atoms with E-state index >= 15 is 0 Å². The van der Waals surface area contributed by atoms with Crippen molar-refractivity contribution >= 4 is 103 Å². The number of amides is 4. The number of Topliss-reactive ketones (excluding diaryl/α,β-unsaturated/α-hetero) is 6. The summed E-state index contributed by atoms with van der Waals surface area (Å²) in [4.78, 5) is 183. The summed E-state index contributed by atoms with van der Waals surface area (Å²) in [5.74, 6) is -6.16. The van der Waals surface area contributed by atoms with Crippen LogP contribution in [0.1, 0.15) is 197 Å². The predicted octanol–water partition coefficient (Wildman–Crippen LogP) is 10.9. The highest BCUT2D eigenvalue weighted by atomic mass is 32.2. The Bertz CT molecular complexity index is 5400. The lowest BCUT2D eigenvalue weighted by molar-refractivity contribution is -0.940. The van der Waals surface area contributed by atoms with Gasteiger partial charge in [0.2, 0.25) is 23.6 Å². The molecule has 0 aliphatic carbocycles. The quantitative estimate of drug-likeness (QED) is 0.00403. The van der Waals surface area contributed by atoms with Crippen molar-refractivity contribution in [1.29, 1.82) is 0 Å². The Morgan fingerprint density at radius 2 is 0.725 bits per heavy atom. The van der Waals surface area contributed by atoms with Crippen LogP contribution in [0, 0.1) is 47.3 Å². The largest absolute Gasteiger partial charge is 0.748 e. The normalized spacial score (nSPS) is 18.0. The first kappa shape index (κ1) is 118. The average molecular weight is 2010 g/mol. The topological polar surface area (TPSA) is 468 Å². The summed E-state index contributed by atoms with van der Waals surface area (Å²) >= 11 is 0. The molecule has 6 aromatic rings. The fourth-order valence-electron chi connectivity index (χ4n) is 17.6. The SMILES string of the molecule is CC(=O)Oc1ccc(C[N+]2(CC(=O)C[C@@H](CCc3ccccc3)C(=O)N[C@@H](CC(C)C)C(=O)C[C@@H](Cc3ccccc3)C(=O)N[C@@H](CC(C)C)C(=O)[C@@]3(C)CO3)CCOCC2)cc1C=O.CO/N=C/c1cc(C[N+]2(CC(=O)C[C@@H](CCc3ccccc3)C(=O)N[C@@H](CC(C)C)C(=O)C[C@@H](Cc3ccccc3)C(=O)N[C@@H](CC(C)C)C(=O)[C@@]3(C)CO3)CCOCC2)ccc1OC(C)=O.CS(=O)(=O)[O-].CS(=O)(=O)[O-]. The zero-order valence-corrected chi connectivity index (χ0v) is 86.3. The van der Waals surface area contributed by atoms with E-state index in [4.69, 9.17) is 59.2 Å². The van der Waals surface area contributed by atoms with Crippen molar-refractivity contribution in [3.8, 4) is 11.5 Å². The number of nitrogens with one attached hydrogen (secondary N) is 4. The molecule has 0 unspecified atom stereocenters. The number of benzene rings is 6. The molecule has 0 bridgehead atoms. The summed E-state index contributed by atoms with van der Waals surface area (Å²) in [5, 5.41) is 16.0. The molecule has 35 heteroatoms. The lowest BCUT2D eigenvalue weighted by Gasteiger charge is -2.41.